The van der Waals surface area contributed by atoms with Gasteiger partial charge in [-0.15, -0.1) is 10.2 Å². The Morgan fingerprint density at radius 1 is 1.17 bits per heavy atom. The van der Waals surface area contributed by atoms with Gasteiger partial charge in [0.15, 0.2) is 5.00 Å². The molecule has 1 aromatic heterocycles. The van der Waals surface area contributed by atoms with Gasteiger partial charge < -0.3 is 5.11 Å². The summed E-state index contributed by atoms with van der Waals surface area (Å²) in [4.78, 5) is 0. The molecule has 23 heavy (non-hydrogen) atoms. The number of rotatable bonds is 4. The fourth-order valence-corrected chi connectivity index (χ4v) is 3.04. The Kier molecular flexibility index (Phi) is 4.42. The van der Waals surface area contributed by atoms with Crippen LogP contribution < -0.4 is 4.72 Å². The van der Waals surface area contributed by atoms with Gasteiger partial charge in [0.1, 0.15) is 5.75 Å². The molecular formula is C13H9ClN4O3S2. The number of thiol groups is 1. The summed E-state index contributed by atoms with van der Waals surface area (Å²) in [5.41, 5.74) is 1.60. The van der Waals surface area contributed by atoms with Crippen LogP contribution in [0, 0.1) is 0 Å². The van der Waals surface area contributed by atoms with Crippen molar-refractivity contribution < 1.29 is 13.5 Å². The Bertz CT molecular complexity index is 977. The molecule has 0 radical (unpaired) electrons. The predicted octanol–water partition coefficient (Wildman–Crippen LogP) is 4.01. The highest BCUT2D eigenvalue weighted by molar-refractivity contribution is 7.73. The number of halogens is 1. The fourth-order valence-electron chi connectivity index (χ4n) is 1.84. The van der Waals surface area contributed by atoms with Gasteiger partial charge in [-0.3, -0.25) is 4.72 Å². The van der Waals surface area contributed by atoms with Gasteiger partial charge in [0.05, 0.1) is 16.2 Å². The molecule has 7 nitrogen and oxygen atoms in total. The van der Waals surface area contributed by atoms with Gasteiger partial charge >= 0.3 is 0 Å². The van der Waals surface area contributed by atoms with E-state index in [-0.39, 0.29) is 10.8 Å². The quantitative estimate of drug-likeness (QED) is 0.478. The molecule has 0 spiro atoms. The molecule has 0 aliphatic heterocycles. The van der Waals surface area contributed by atoms with Gasteiger partial charge in [0, 0.05) is 11.1 Å². The lowest BCUT2D eigenvalue weighted by atomic mass is 10.2. The zero-order chi connectivity index (χ0) is 16.4. The van der Waals surface area contributed by atoms with E-state index in [9.17, 15) is 13.5 Å². The maximum atomic E-state index is 10.7. The van der Waals surface area contributed by atoms with E-state index in [4.69, 9.17) is 11.6 Å². The molecule has 3 rings (SSSR count). The Labute approximate surface area is 141 Å². The highest BCUT2D eigenvalue weighted by atomic mass is 35.5. The second-order valence-electron chi connectivity index (χ2n) is 4.42. The Balaban J connectivity index is 1.95. The van der Waals surface area contributed by atoms with Gasteiger partial charge in [-0.25, -0.2) is 8.42 Å². The minimum absolute atomic E-state index is 0.0312. The number of aromatic nitrogens is 1. The summed E-state index contributed by atoms with van der Waals surface area (Å²) >= 11 is 6.96. The summed E-state index contributed by atoms with van der Waals surface area (Å²) in [5.74, 6) is -0.0312. The molecule has 1 heterocycles. The minimum atomic E-state index is -2.74. The predicted molar refractivity (Wildman–Crippen MR) is 90.9 cm³/mol. The van der Waals surface area contributed by atoms with Crippen molar-refractivity contribution in [1.29, 1.82) is 0 Å². The second kappa shape index (κ2) is 6.49. The van der Waals surface area contributed by atoms with Crippen LogP contribution in [0.15, 0.2) is 46.6 Å². The van der Waals surface area contributed by atoms with Gasteiger partial charge in [-0.1, -0.05) is 11.6 Å². The van der Waals surface area contributed by atoms with Crippen molar-refractivity contribution in [3.8, 4) is 5.75 Å². The van der Waals surface area contributed by atoms with Gasteiger partial charge in [-0.05, 0) is 47.9 Å². The van der Waals surface area contributed by atoms with E-state index in [0.29, 0.717) is 27.3 Å². The first-order valence-electron chi connectivity index (χ1n) is 6.23. The van der Waals surface area contributed by atoms with Crippen LogP contribution in [0.4, 0.5) is 16.4 Å². The van der Waals surface area contributed by atoms with Crippen LogP contribution in [-0.4, -0.2) is 17.9 Å². The van der Waals surface area contributed by atoms with Crippen LogP contribution in [0.1, 0.15) is 0 Å². The summed E-state index contributed by atoms with van der Waals surface area (Å²) in [6.45, 7) is 0. The van der Waals surface area contributed by atoms with E-state index in [1.54, 1.807) is 24.3 Å². The zero-order valence-corrected chi connectivity index (χ0v) is 13.8. The zero-order valence-electron chi connectivity index (χ0n) is 11.3. The molecule has 0 saturated heterocycles. The average Bonchev–Trinajstić information content (AvgIpc) is 2.90. The molecule has 0 saturated carbocycles. The minimum Gasteiger partial charge on any atom is -0.506 e. The molecule has 0 unspecified atom stereocenters. The lowest BCUT2D eigenvalue weighted by Gasteiger charge is -1.98. The number of hydrogen-bond acceptors (Lipinski definition) is 7. The molecule has 2 N–H and O–H groups in total. The third-order valence-corrected chi connectivity index (χ3v) is 4.37. The lowest BCUT2D eigenvalue weighted by Crippen LogP contribution is -1.93. The molecule has 118 valence electrons. The van der Waals surface area contributed by atoms with Gasteiger partial charge in [0.2, 0.25) is 10.9 Å². The number of aromatic hydroxyl groups is 1. The Hall–Kier alpha value is -2.23. The SMILES string of the molecule is O=[SH](=O)Nc1ccc2nsc(/N=N/c3ccc(O)c(Cl)c3)c2c1. The number of nitrogens with one attached hydrogen (secondary N) is 1. The molecule has 0 fully saturated rings. The van der Waals surface area contributed by atoms with Crippen LogP contribution in [0.25, 0.3) is 10.9 Å². The number of phenols is 1. The average molecular weight is 369 g/mol. The first-order valence-corrected chi connectivity index (χ1v) is 8.56. The van der Waals surface area contributed by atoms with Crippen LogP contribution >= 0.6 is 23.1 Å². The van der Waals surface area contributed by atoms with E-state index in [2.05, 4.69) is 19.3 Å². The largest absolute Gasteiger partial charge is 0.506 e. The van der Waals surface area contributed by atoms with Crippen LogP contribution in [0.3, 0.4) is 0 Å². The number of phenolic OH excluding ortho intramolecular Hbond substituents is 1. The molecule has 3 aromatic rings. The monoisotopic (exact) mass is 368 g/mol. The smallest absolute Gasteiger partial charge is 0.222 e. The molecule has 0 bridgehead atoms. The summed E-state index contributed by atoms with van der Waals surface area (Å²) in [5, 5.41) is 18.9. The first-order chi connectivity index (χ1) is 11.0. The van der Waals surface area contributed by atoms with Crippen molar-refractivity contribution in [2.24, 2.45) is 10.2 Å². The van der Waals surface area contributed by atoms with Crippen LogP contribution in [0.2, 0.25) is 5.02 Å². The first kappa shape index (κ1) is 15.7. The number of nitrogens with zero attached hydrogens (tertiary/aromatic N) is 3. The highest BCUT2D eigenvalue weighted by Crippen LogP contribution is 2.34. The lowest BCUT2D eigenvalue weighted by molar-refractivity contribution is 0.475. The van der Waals surface area contributed by atoms with Crippen molar-refractivity contribution in [3.05, 3.63) is 41.4 Å². The number of benzene rings is 2. The van der Waals surface area contributed by atoms with Crippen molar-refractivity contribution in [1.82, 2.24) is 4.37 Å². The number of fused-ring (bicyclic) bond motifs is 1. The molecule has 0 atom stereocenters. The second-order valence-corrected chi connectivity index (χ2v) is 6.32. The Morgan fingerprint density at radius 3 is 2.74 bits per heavy atom. The molecule has 10 heteroatoms. The van der Waals surface area contributed by atoms with Gasteiger partial charge in [-0.2, -0.15) is 4.37 Å². The van der Waals surface area contributed by atoms with Crippen LogP contribution in [-0.2, 0) is 10.9 Å². The number of anilines is 1. The standard InChI is InChI=1S/C13H9ClN4O3S2/c14-10-6-7(2-4-12(10)19)15-16-13-9-5-8(18-23(20)21)1-3-11(9)17-22-13/h1-6,19,23H,(H,18,20,21)/b16-15+. The van der Waals surface area contributed by atoms with E-state index in [1.807, 2.05) is 0 Å². The summed E-state index contributed by atoms with van der Waals surface area (Å²) in [6, 6.07) is 9.44. The van der Waals surface area contributed by atoms with Crippen molar-refractivity contribution in [2.45, 2.75) is 0 Å². The van der Waals surface area contributed by atoms with Gasteiger partial charge in [0.25, 0.3) is 0 Å². The normalized spacial score (nSPS) is 11.6. The topological polar surface area (TPSA) is 104 Å². The molecule has 0 aliphatic carbocycles. The van der Waals surface area contributed by atoms with E-state index >= 15 is 0 Å². The Morgan fingerprint density at radius 2 is 2.00 bits per heavy atom. The third-order valence-electron chi connectivity index (χ3n) is 2.87. The highest BCUT2D eigenvalue weighted by Gasteiger charge is 2.07. The van der Waals surface area contributed by atoms with Crippen molar-refractivity contribution >= 4 is 61.3 Å². The summed E-state index contributed by atoms with van der Waals surface area (Å²) in [7, 11) is -2.74. The molecule has 0 amide bonds. The number of hydrogen-bond donors (Lipinski definition) is 3. The van der Waals surface area contributed by atoms with Crippen molar-refractivity contribution in [3.63, 3.8) is 0 Å². The third kappa shape index (κ3) is 3.58. The van der Waals surface area contributed by atoms with E-state index < -0.39 is 10.9 Å². The van der Waals surface area contributed by atoms with Crippen LogP contribution in [0.5, 0.6) is 5.75 Å². The van der Waals surface area contributed by atoms with E-state index in [0.717, 1.165) is 11.5 Å². The molecule has 0 aliphatic rings. The van der Waals surface area contributed by atoms with E-state index in [1.165, 1.54) is 12.1 Å². The van der Waals surface area contributed by atoms with Crippen molar-refractivity contribution in [2.75, 3.05) is 4.72 Å². The molecule has 2 aromatic carbocycles. The maximum absolute atomic E-state index is 10.7. The fraction of sp³-hybridized carbons (Fsp3) is 0. The summed E-state index contributed by atoms with van der Waals surface area (Å²) < 4.78 is 28.0. The molecular weight excluding hydrogens is 360 g/mol. The maximum Gasteiger partial charge on any atom is 0.222 e. The number of azo groups is 1. The summed E-state index contributed by atoms with van der Waals surface area (Å²) in [6.07, 6.45) is 0.